The minimum Gasteiger partial charge on any atom is -0.494 e. The third kappa shape index (κ3) is 6.49. The van der Waals surface area contributed by atoms with E-state index in [-0.39, 0.29) is 5.02 Å². The summed E-state index contributed by atoms with van der Waals surface area (Å²) < 4.78 is 20.6. The quantitative estimate of drug-likeness (QED) is 0.122. The van der Waals surface area contributed by atoms with Crippen LogP contribution >= 0.6 is 23.2 Å². The predicted octanol–water partition coefficient (Wildman–Crippen LogP) is 9.98. The van der Waals surface area contributed by atoms with Crippen molar-refractivity contribution in [1.29, 1.82) is 0 Å². The summed E-state index contributed by atoms with van der Waals surface area (Å²) >= 11 is 13.0. The number of allylic oxidation sites excluding steroid dienone is 4. The predicted molar refractivity (Wildman–Crippen MR) is 177 cm³/mol. The Hall–Kier alpha value is -4.58. The monoisotopic (exact) mass is 619 g/mol. The Morgan fingerprint density at radius 1 is 0.841 bits per heavy atom. The molecule has 0 spiro atoms. The van der Waals surface area contributed by atoms with Crippen molar-refractivity contribution < 1.29 is 9.13 Å². The zero-order valence-corrected chi connectivity index (χ0v) is 25.2. The number of hydrogen-bond donors (Lipinski definition) is 0. The molecule has 1 unspecified atom stereocenters. The number of aromatic nitrogens is 2. The van der Waals surface area contributed by atoms with E-state index < -0.39 is 11.2 Å². The number of hydrogen-bond acceptors (Lipinski definition) is 4. The van der Waals surface area contributed by atoms with Crippen LogP contribution in [-0.2, 0) is 5.41 Å². The normalized spacial score (nSPS) is 15.6. The van der Waals surface area contributed by atoms with Crippen LogP contribution in [0.3, 0.4) is 0 Å². The molecule has 1 heterocycles. The van der Waals surface area contributed by atoms with Gasteiger partial charge in [-0.1, -0.05) is 120 Å². The first-order valence-electron chi connectivity index (χ1n) is 14.3. The topological polar surface area (TPSA) is 47.4 Å². The summed E-state index contributed by atoms with van der Waals surface area (Å²) in [6.07, 6.45) is 12.6. The van der Waals surface area contributed by atoms with E-state index in [9.17, 15) is 4.39 Å². The maximum absolute atomic E-state index is 14.4. The number of halogens is 3. The third-order valence-electron chi connectivity index (χ3n) is 7.57. The fourth-order valence-corrected chi connectivity index (χ4v) is 6.11. The molecule has 0 amide bonds. The summed E-state index contributed by atoms with van der Waals surface area (Å²) in [5, 5.41) is 0.479. The molecule has 4 nitrogen and oxygen atoms in total. The molecule has 6 rings (SSSR count). The van der Waals surface area contributed by atoms with E-state index in [1.54, 1.807) is 18.5 Å². The van der Waals surface area contributed by atoms with Gasteiger partial charge in [-0.15, -0.1) is 0 Å². The van der Waals surface area contributed by atoms with Gasteiger partial charge in [0.2, 0.25) is 0 Å². The van der Waals surface area contributed by atoms with Gasteiger partial charge in [-0.3, -0.25) is 0 Å². The maximum Gasteiger partial charge on any atom is 0.159 e. The van der Waals surface area contributed by atoms with E-state index in [0.717, 1.165) is 22.4 Å². The second-order valence-corrected chi connectivity index (χ2v) is 11.2. The summed E-state index contributed by atoms with van der Waals surface area (Å²) in [6.45, 7) is 0.362. The molecule has 0 N–H and O–H groups in total. The van der Waals surface area contributed by atoms with E-state index in [4.69, 9.17) is 32.9 Å². The molecule has 218 valence electrons. The lowest BCUT2D eigenvalue weighted by atomic mass is 9.73. The average molecular weight is 621 g/mol. The molecule has 0 bridgehead atoms. The van der Waals surface area contributed by atoms with Crippen LogP contribution in [-0.4, -0.2) is 22.3 Å². The standard InChI is InChI=1S/C37H28Cl2FN3O/c38-31-17-18-32(40)34(39)33(31)37(19-8-3-9-20-37)21-22-44-30-16-10-15-28(23-30)36-41-24-29(25-42-36)43-35(26-11-4-1-5-12-26)27-13-6-2-7-14-27/h1-19,23-25H,20-22H2. The first kappa shape index (κ1) is 29.5. The first-order chi connectivity index (χ1) is 21.5. The van der Waals surface area contributed by atoms with Gasteiger partial charge in [-0.05, 0) is 37.1 Å². The van der Waals surface area contributed by atoms with Gasteiger partial charge < -0.3 is 4.74 Å². The molecular formula is C37H28Cl2FN3O. The lowest BCUT2D eigenvalue weighted by molar-refractivity contribution is 0.276. The number of ether oxygens (including phenoxy) is 1. The fraction of sp³-hybridized carbons (Fsp3) is 0.108. The summed E-state index contributed by atoms with van der Waals surface area (Å²) in [7, 11) is 0. The van der Waals surface area contributed by atoms with Crippen molar-refractivity contribution in [2.24, 2.45) is 4.99 Å². The number of rotatable bonds is 9. The van der Waals surface area contributed by atoms with Gasteiger partial charge in [0.1, 0.15) is 17.3 Å². The Morgan fingerprint density at radius 2 is 1.55 bits per heavy atom. The van der Waals surface area contributed by atoms with Crippen molar-refractivity contribution in [2.75, 3.05) is 6.61 Å². The van der Waals surface area contributed by atoms with E-state index in [1.807, 2.05) is 109 Å². The van der Waals surface area contributed by atoms with Crippen LogP contribution in [0.25, 0.3) is 11.4 Å². The molecule has 1 aliphatic rings. The van der Waals surface area contributed by atoms with Crippen LogP contribution in [0.4, 0.5) is 10.1 Å². The van der Waals surface area contributed by atoms with Crippen LogP contribution in [0, 0.1) is 5.82 Å². The number of nitrogens with zero attached hydrogens (tertiary/aromatic N) is 3. The fourth-order valence-electron chi connectivity index (χ4n) is 5.36. The first-order valence-corrected chi connectivity index (χ1v) is 15.0. The van der Waals surface area contributed by atoms with Crippen LogP contribution in [0.2, 0.25) is 10.0 Å². The summed E-state index contributed by atoms with van der Waals surface area (Å²) in [5.41, 5.74) is 4.33. The molecular weight excluding hydrogens is 592 g/mol. The minimum atomic E-state index is -0.583. The van der Waals surface area contributed by atoms with Crippen molar-refractivity contribution in [1.82, 2.24) is 9.97 Å². The van der Waals surface area contributed by atoms with Crippen molar-refractivity contribution in [3.05, 3.63) is 166 Å². The largest absolute Gasteiger partial charge is 0.494 e. The number of aliphatic imine (C=N–C) groups is 1. The van der Waals surface area contributed by atoms with E-state index in [0.29, 0.717) is 47.3 Å². The SMILES string of the molecule is Fc1ccc(Cl)c(C2(CCOc3cccc(-c4ncc(N=C(c5ccccc5)c5ccccc5)cn4)c3)C=CC=CC2)c1Cl. The Balaban J connectivity index is 1.19. The molecule has 0 radical (unpaired) electrons. The van der Waals surface area contributed by atoms with E-state index >= 15 is 0 Å². The van der Waals surface area contributed by atoms with Crippen molar-refractivity contribution in [2.45, 2.75) is 18.3 Å². The third-order valence-corrected chi connectivity index (χ3v) is 8.25. The molecule has 0 fully saturated rings. The highest BCUT2D eigenvalue weighted by atomic mass is 35.5. The zero-order chi connectivity index (χ0) is 30.4. The Morgan fingerprint density at radius 3 is 2.20 bits per heavy atom. The molecule has 5 aromatic rings. The molecule has 1 aliphatic carbocycles. The van der Waals surface area contributed by atoms with Crippen molar-refractivity contribution in [3.63, 3.8) is 0 Å². The molecule has 1 atom stereocenters. The molecule has 7 heteroatoms. The highest BCUT2D eigenvalue weighted by Gasteiger charge is 2.34. The van der Waals surface area contributed by atoms with Gasteiger partial charge >= 0.3 is 0 Å². The van der Waals surface area contributed by atoms with Crippen LogP contribution in [0.15, 0.2) is 139 Å². The highest BCUT2D eigenvalue weighted by Crippen LogP contribution is 2.44. The minimum absolute atomic E-state index is 0.0454. The second kappa shape index (κ2) is 13.4. The lowest BCUT2D eigenvalue weighted by Crippen LogP contribution is -2.28. The average Bonchev–Trinajstić information content (AvgIpc) is 3.07. The van der Waals surface area contributed by atoms with Gasteiger partial charge in [0, 0.05) is 32.7 Å². The Labute approximate surface area is 266 Å². The van der Waals surface area contributed by atoms with Crippen molar-refractivity contribution in [3.8, 4) is 17.1 Å². The van der Waals surface area contributed by atoms with Crippen LogP contribution in [0.1, 0.15) is 29.5 Å². The lowest BCUT2D eigenvalue weighted by Gasteiger charge is -2.33. The summed E-state index contributed by atoms with van der Waals surface area (Å²) in [6, 6.07) is 30.6. The van der Waals surface area contributed by atoms with Gasteiger partial charge in [0.15, 0.2) is 5.82 Å². The molecule has 44 heavy (non-hydrogen) atoms. The zero-order valence-electron chi connectivity index (χ0n) is 23.7. The van der Waals surface area contributed by atoms with Crippen molar-refractivity contribution >= 4 is 34.6 Å². The van der Waals surface area contributed by atoms with Gasteiger partial charge in [0.05, 0.1) is 29.7 Å². The van der Waals surface area contributed by atoms with Crippen LogP contribution in [0.5, 0.6) is 5.75 Å². The van der Waals surface area contributed by atoms with Gasteiger partial charge in [-0.2, -0.15) is 0 Å². The van der Waals surface area contributed by atoms with Gasteiger partial charge in [-0.25, -0.2) is 19.4 Å². The number of benzene rings is 4. The Bertz CT molecular complexity index is 1800. The molecule has 4 aromatic carbocycles. The van der Waals surface area contributed by atoms with E-state index in [1.165, 1.54) is 6.07 Å². The molecule has 0 saturated heterocycles. The summed E-state index contributed by atoms with van der Waals surface area (Å²) in [4.78, 5) is 14.1. The second-order valence-electron chi connectivity index (χ2n) is 10.4. The molecule has 0 saturated carbocycles. The van der Waals surface area contributed by atoms with Gasteiger partial charge in [0.25, 0.3) is 0 Å². The molecule has 1 aromatic heterocycles. The smallest absolute Gasteiger partial charge is 0.159 e. The van der Waals surface area contributed by atoms with E-state index in [2.05, 4.69) is 9.97 Å². The maximum atomic E-state index is 14.4. The van der Waals surface area contributed by atoms with Crippen LogP contribution < -0.4 is 4.74 Å². The highest BCUT2D eigenvalue weighted by molar-refractivity contribution is 6.36. The Kier molecular flexibility index (Phi) is 8.96. The summed E-state index contributed by atoms with van der Waals surface area (Å²) in [5.74, 6) is 0.742. The molecule has 0 aliphatic heterocycles.